The first-order chi connectivity index (χ1) is 64.0. The maximum Gasteiger partial charge on any atom is 1.00 e. The van der Waals surface area contributed by atoms with Gasteiger partial charge in [0.2, 0.25) is 5.24 Å². The summed E-state index contributed by atoms with van der Waals surface area (Å²) < 4.78 is 25.7. The molecule has 10 aromatic rings. The Kier molecular flexibility index (Phi) is 70.9. The molecule has 0 radical (unpaired) electrons. The topological polar surface area (TPSA) is 448 Å². The number of carbonyl (C=O) groups is 8. The number of aliphatic hydroxyl groups excluding tert-OH is 1. The van der Waals surface area contributed by atoms with Crippen molar-refractivity contribution in [1.29, 1.82) is 0 Å². The van der Waals surface area contributed by atoms with Crippen LogP contribution in [0.15, 0.2) is 219 Å². The number of rotatable bonds is 22. The SMILES string of the molecule is C.C1CNCCN1.CO.Cc1cccc(C)c1CC(=O)CCl.Cc1cccc(C)c1CC(=O)CN1CCNCC1.Cc1cccc(C)c1CC(=O)CN1CCNCC1.Cc1cccc(C)c1N.ClCC1CO1.Nc1ccccc1O.O=C(Cl)CCl.O=C(O)c1cccnc1.O=C(Oc1ccccc1O)c1cccnc1.O=C(Oc1ccccc1OCC1CO1)c1cccnc1.O=CO[O-].[H-].[Na+].[Na+]. The van der Waals surface area contributed by atoms with E-state index in [1.54, 1.807) is 97.3 Å². The number of phenolic OH excluding ortho intramolecular Hbond substituents is 2. The summed E-state index contributed by atoms with van der Waals surface area (Å²) in [6, 6.07) is 54.2. The van der Waals surface area contributed by atoms with Crippen LogP contribution in [0.5, 0.6) is 28.7 Å². The van der Waals surface area contributed by atoms with Crippen molar-refractivity contribution in [2.75, 3.05) is 148 Å². The van der Waals surface area contributed by atoms with Crippen LogP contribution in [0, 0.1) is 55.4 Å². The normalized spacial score (nSPS) is 13.5. The van der Waals surface area contributed by atoms with E-state index in [1.165, 1.54) is 87.5 Å². The number of benzene rings is 7. The molecule has 36 heteroatoms. The fourth-order valence-electron chi connectivity index (χ4n) is 11.8. The minimum atomic E-state index is -0.942. The number of carboxylic acids is 1. The zero-order valence-electron chi connectivity index (χ0n) is 79.6. The van der Waals surface area contributed by atoms with Gasteiger partial charge in [-0.1, -0.05) is 117 Å². The number of phenols is 2. The Bertz CT molecular complexity index is 4870. The van der Waals surface area contributed by atoms with Crippen molar-refractivity contribution >= 4 is 105 Å². The Morgan fingerprint density at radius 2 is 0.787 bits per heavy atom. The number of aromatic carboxylic acids is 1. The van der Waals surface area contributed by atoms with Crippen LogP contribution in [0.1, 0.15) is 101 Å². The molecule has 0 spiro atoms. The molecule has 30 nitrogen and oxygen atoms in total. The summed E-state index contributed by atoms with van der Waals surface area (Å²) in [5.41, 5.74) is 26.3. The summed E-state index contributed by atoms with van der Waals surface area (Å²) in [5, 5.41) is 54.5. The van der Waals surface area contributed by atoms with Crippen molar-refractivity contribution in [2.45, 2.75) is 94.3 Å². The number of carboxylic acid groups (broad SMARTS) is 1. The number of Topliss-reactive ketones (excluding diaryl/α,β-unsaturated/α-hetero) is 3. The van der Waals surface area contributed by atoms with Crippen LogP contribution in [-0.4, -0.2) is 241 Å². The van der Waals surface area contributed by atoms with Crippen molar-refractivity contribution in [3.05, 3.63) is 297 Å². The number of hydrogen-bond acceptors (Lipinski definition) is 29. The van der Waals surface area contributed by atoms with E-state index in [2.05, 4.69) is 115 Å². The molecule has 0 saturated carbocycles. The van der Waals surface area contributed by atoms with Gasteiger partial charge in [-0.15, -0.1) is 34.8 Å². The first kappa shape index (κ1) is 126. The molecule has 2 atom stereocenters. The molecule has 12 N–H and O–H groups in total. The van der Waals surface area contributed by atoms with Gasteiger partial charge in [0.05, 0.1) is 72.4 Å². The quantitative estimate of drug-likeness (QED) is 0.00291. The number of nitrogen functional groups attached to an aromatic ring is 2. The summed E-state index contributed by atoms with van der Waals surface area (Å²) in [7, 11) is 1.00. The molecule has 5 aliphatic heterocycles. The Morgan fingerprint density at radius 3 is 1.07 bits per heavy atom. The van der Waals surface area contributed by atoms with E-state index >= 15 is 0 Å². The smallest absolute Gasteiger partial charge is 1.00 e. The molecule has 2 unspecified atom stereocenters. The summed E-state index contributed by atoms with van der Waals surface area (Å²) in [5.74, 6) is 0.595. The zero-order valence-corrected chi connectivity index (χ0v) is 85.6. The molecule has 136 heavy (non-hydrogen) atoms. The number of nitrogens with one attached hydrogen (secondary N) is 4. The first-order valence-electron chi connectivity index (χ1n) is 42.5. The molecule has 0 amide bonds. The number of pyridine rings is 3. The fraction of sp³-hybridized carbons (Fsp3) is 0.350. The minimum absolute atomic E-state index is 0. The fourth-order valence-corrected chi connectivity index (χ4v) is 12.0. The van der Waals surface area contributed by atoms with Gasteiger partial charge in [-0.25, -0.2) is 14.4 Å². The Labute approximate surface area is 864 Å². The van der Waals surface area contributed by atoms with Crippen LogP contribution in [-0.2, 0) is 57.6 Å². The maximum absolute atomic E-state index is 12.1. The Balaban J connectivity index is 0. The number of aromatic nitrogens is 3. The predicted molar refractivity (Wildman–Crippen MR) is 526 cm³/mol. The van der Waals surface area contributed by atoms with Crippen molar-refractivity contribution in [3.63, 3.8) is 0 Å². The van der Waals surface area contributed by atoms with Gasteiger partial charge < -0.3 is 88.4 Å². The zero-order chi connectivity index (χ0) is 98.1. The monoisotopic (exact) mass is 1970 g/mol. The third kappa shape index (κ3) is 56.3. The Hall–Kier alpha value is -9.69. The van der Waals surface area contributed by atoms with Crippen LogP contribution in [0.4, 0.5) is 11.4 Å². The molecule has 0 bridgehead atoms. The summed E-state index contributed by atoms with van der Waals surface area (Å²) >= 11 is 20.3. The van der Waals surface area contributed by atoms with Gasteiger partial charge >= 0.3 is 77.0 Å². The van der Waals surface area contributed by atoms with Crippen LogP contribution in [0.2, 0.25) is 0 Å². The number of hydrogen-bond donors (Lipinski definition) is 10. The third-order valence-corrected chi connectivity index (χ3v) is 20.4. The Morgan fingerprint density at radius 1 is 0.463 bits per heavy atom. The van der Waals surface area contributed by atoms with Gasteiger partial charge in [0.25, 0.3) is 6.47 Å². The van der Waals surface area contributed by atoms with Gasteiger partial charge in [0.15, 0.2) is 40.3 Å². The molecular formula is C100H129Cl4N11Na2O19. The second kappa shape index (κ2) is 76.3. The number of nitrogens with two attached hydrogens (primary N) is 2. The number of aliphatic hydroxyl groups is 1. The number of nitrogens with zero attached hydrogens (tertiary/aromatic N) is 5. The van der Waals surface area contributed by atoms with Crippen molar-refractivity contribution < 1.29 is 153 Å². The average molecular weight is 1980 g/mol. The van der Waals surface area contributed by atoms with Gasteiger partial charge in [0.1, 0.15) is 18.5 Å². The maximum atomic E-state index is 12.1. The standard InChI is InChI=1S/2C15H22N2O.C15H13NO4.C12H9NO3.C11H13ClO.C8H11N.C6H5NO2.C6H7NO.C4H10N2.C3H5ClO.C2H2Cl2O.CH2O3.CH4O.CH4.2Na.H/c2*1-12-4-3-5-13(2)15(12)10-14(18)11-17-8-6-16-7-9-17;17-15(11-4-3-7-16-8-11)20-14-6-2-1-5-13(14)19-10-12-9-18-12;14-10-5-1-2-6-11(10)16-12(15)9-4-3-7-13-8-9;1-8-4-3-5-9(2)11(8)6-10(13)7-12;1-6-4-3-5-7(2)8(6)9;8-6(9)5-2-1-3-7-4-5;7-5-3-1-2-4-6(5)8;1-2-6-4-3-5-1;4-1-3-2-5-3;3-1-2(4)5;2-1-4-3;1-2;;;;/h2*3-5,16H,6-11H2,1-2H3;1-8,12H,9-10H2;1-8,14H;3-5H,6-7H2,1-2H3;3-5H,9H2,1-2H3;1-4H,(H,8,9);1-4,8H,7H2;5-6H,1-4H2;3H,1-2H2;1H2;1,3H;2H,1H3;1H4;;;/q;;;;;;;;;;;;;;2*+1;-1/p-1. The summed E-state index contributed by atoms with van der Waals surface area (Å²) in [6.45, 7) is 31.9. The van der Waals surface area contributed by atoms with E-state index in [0.29, 0.717) is 90.8 Å². The number of piperazine rings is 3. The molecule has 5 saturated heterocycles. The van der Waals surface area contributed by atoms with E-state index in [4.69, 9.17) is 107 Å². The number of anilines is 2. The van der Waals surface area contributed by atoms with E-state index < -0.39 is 23.2 Å². The third-order valence-electron chi connectivity index (χ3n) is 19.2. The summed E-state index contributed by atoms with van der Waals surface area (Å²) in [6.07, 6.45) is 11.0. The van der Waals surface area contributed by atoms with Gasteiger partial charge in [-0.05, 0) is 201 Å². The van der Waals surface area contributed by atoms with Crippen LogP contribution < -0.4 is 111 Å². The number of epoxide rings is 2. The van der Waals surface area contributed by atoms with Gasteiger partial charge in [-0.2, -0.15) is 0 Å². The molecule has 0 aliphatic carbocycles. The van der Waals surface area contributed by atoms with Crippen LogP contribution in [0.3, 0.4) is 0 Å². The van der Waals surface area contributed by atoms with E-state index in [9.17, 15) is 38.7 Å². The van der Waals surface area contributed by atoms with E-state index in [0.717, 1.165) is 121 Å². The van der Waals surface area contributed by atoms with Crippen molar-refractivity contribution in [3.8, 4) is 28.7 Å². The molecule has 8 heterocycles. The number of ether oxygens (including phenoxy) is 5. The van der Waals surface area contributed by atoms with E-state index in [1.807, 2.05) is 70.2 Å². The number of para-hydroxylation sites is 7. The van der Waals surface area contributed by atoms with Crippen LogP contribution >= 0.6 is 46.4 Å². The number of carbonyl (C=O) groups excluding carboxylic acids is 7. The number of alkyl halides is 3. The number of aryl methyl sites for hydroxylation is 8. The van der Waals surface area contributed by atoms with Crippen molar-refractivity contribution in [1.82, 2.24) is 46.0 Å². The van der Waals surface area contributed by atoms with E-state index in [-0.39, 0.29) is 121 Å². The van der Waals surface area contributed by atoms with Gasteiger partial charge in [0, 0.05) is 148 Å². The predicted octanol–water partition coefficient (Wildman–Crippen LogP) is 6.61. The second-order valence-corrected chi connectivity index (χ2v) is 30.9. The molecule has 3 aromatic heterocycles. The van der Waals surface area contributed by atoms with Gasteiger partial charge in [-0.3, -0.25) is 48.7 Å². The van der Waals surface area contributed by atoms with Crippen LogP contribution in [0.25, 0.3) is 0 Å². The minimum Gasteiger partial charge on any atom is -1.00 e. The molecular weight excluding hydrogens is 1850 g/mol. The molecule has 15 rings (SSSR count). The number of esters is 2. The molecule has 7 aromatic carbocycles. The molecule has 5 aliphatic rings. The second-order valence-electron chi connectivity index (χ2n) is 29.6. The molecule has 728 valence electrons. The van der Waals surface area contributed by atoms with Crippen molar-refractivity contribution in [2.24, 2.45) is 0 Å². The number of halogens is 4. The number of ketones is 3. The molecule has 5 fully saturated rings. The largest absolute Gasteiger partial charge is 1.00 e. The average Bonchev–Trinajstić information content (AvgIpc) is 1.79. The summed E-state index contributed by atoms with van der Waals surface area (Å²) in [4.78, 5) is 106. The number of aromatic hydroxyl groups is 2. The first-order valence-corrected chi connectivity index (χ1v) is 44.5.